The zero-order chi connectivity index (χ0) is 9.40. The molecule has 12 heavy (non-hydrogen) atoms. The second-order valence-corrected chi connectivity index (χ2v) is 2.22. The molecule has 0 unspecified atom stereocenters. The van der Waals surface area contributed by atoms with Crippen molar-refractivity contribution in [3.05, 3.63) is 30.1 Å². The van der Waals surface area contributed by atoms with Gasteiger partial charge in [-0.25, -0.2) is 4.99 Å². The number of rotatable bonds is 4. The Morgan fingerprint density at radius 1 is 1.75 bits per heavy atom. The van der Waals surface area contributed by atoms with Crippen LogP contribution in [-0.2, 0) is 0 Å². The van der Waals surface area contributed by atoms with Gasteiger partial charge >= 0.3 is 0 Å². The van der Waals surface area contributed by atoms with Gasteiger partial charge in [0.15, 0.2) is 0 Å². The van der Waals surface area contributed by atoms with Gasteiger partial charge < -0.3 is 10.8 Å². The molecule has 0 saturated heterocycles. The minimum atomic E-state index is 0.247. The number of hydrogen-bond donors (Lipinski definition) is 2. The second-order valence-electron chi connectivity index (χ2n) is 2.22. The number of aliphatic hydroxyl groups excluding tert-OH is 1. The van der Waals surface area contributed by atoms with Crippen molar-refractivity contribution in [2.45, 2.75) is 6.92 Å². The molecule has 0 heterocycles. The third-order valence-electron chi connectivity index (χ3n) is 1.31. The number of aliphatic imine (C=N–C) groups is 1. The highest BCUT2D eigenvalue weighted by molar-refractivity contribution is 5.46. The lowest BCUT2D eigenvalue weighted by atomic mass is 10.2. The molecular formula is C9H14N2O. The van der Waals surface area contributed by atoms with Gasteiger partial charge in [-0.05, 0) is 19.4 Å². The summed E-state index contributed by atoms with van der Waals surface area (Å²) in [7, 11) is 0. The second kappa shape index (κ2) is 6.40. The molecule has 0 aliphatic carbocycles. The maximum Gasteiger partial charge on any atom is 0.0936 e. The van der Waals surface area contributed by atoms with E-state index in [-0.39, 0.29) is 5.76 Å². The molecule has 66 valence electrons. The van der Waals surface area contributed by atoms with Crippen LogP contribution < -0.4 is 5.73 Å². The fourth-order valence-corrected chi connectivity index (χ4v) is 0.649. The molecule has 3 N–H and O–H groups in total. The Bertz CT molecular complexity index is 231. The molecule has 0 amide bonds. The highest BCUT2D eigenvalue weighted by atomic mass is 16.3. The van der Waals surface area contributed by atoms with E-state index in [9.17, 15) is 0 Å². The maximum absolute atomic E-state index is 9.06. The zero-order valence-electron chi connectivity index (χ0n) is 7.25. The fraction of sp³-hybridized carbons (Fsp3) is 0.333. The van der Waals surface area contributed by atoms with E-state index in [1.165, 1.54) is 0 Å². The number of aliphatic hydroxyl groups is 1. The van der Waals surface area contributed by atoms with Crippen molar-refractivity contribution >= 4 is 5.87 Å². The molecule has 0 rings (SSSR count). The fourth-order valence-electron chi connectivity index (χ4n) is 0.649. The third kappa shape index (κ3) is 4.50. The first-order chi connectivity index (χ1) is 5.72. The van der Waals surface area contributed by atoms with Crippen LogP contribution in [0.5, 0.6) is 0 Å². The van der Waals surface area contributed by atoms with Gasteiger partial charge in [-0.1, -0.05) is 12.2 Å². The van der Waals surface area contributed by atoms with E-state index < -0.39 is 0 Å². The highest BCUT2D eigenvalue weighted by Crippen LogP contribution is 1.99. The number of allylic oxidation sites excluding steroid dienone is 1. The number of hydrogen-bond acceptors (Lipinski definition) is 3. The van der Waals surface area contributed by atoms with E-state index in [1.807, 2.05) is 0 Å². The van der Waals surface area contributed by atoms with E-state index in [0.717, 1.165) is 0 Å². The third-order valence-corrected chi connectivity index (χ3v) is 1.31. The van der Waals surface area contributed by atoms with Crippen LogP contribution in [0.15, 0.2) is 35.1 Å². The summed E-state index contributed by atoms with van der Waals surface area (Å²) in [6.07, 6.45) is 3.54. The molecule has 0 saturated carbocycles. The van der Waals surface area contributed by atoms with Gasteiger partial charge in [0.2, 0.25) is 0 Å². The van der Waals surface area contributed by atoms with Gasteiger partial charge in [0.1, 0.15) is 0 Å². The van der Waals surface area contributed by atoms with Crippen molar-refractivity contribution in [2.24, 2.45) is 10.7 Å². The minimum absolute atomic E-state index is 0.247. The van der Waals surface area contributed by atoms with Gasteiger partial charge in [0.25, 0.3) is 0 Å². The van der Waals surface area contributed by atoms with Crippen molar-refractivity contribution in [3.8, 4) is 0 Å². The predicted octanol–water partition coefficient (Wildman–Crippen LogP) is 1.19. The summed E-state index contributed by atoms with van der Waals surface area (Å²) in [5, 5.41) is 9.06. The van der Waals surface area contributed by atoms with Crippen molar-refractivity contribution in [1.29, 1.82) is 0 Å². The summed E-state index contributed by atoms with van der Waals surface area (Å²) in [6, 6.07) is 0. The van der Waals surface area contributed by atoms with Crippen LogP contribution in [0.25, 0.3) is 0 Å². The van der Waals surface area contributed by atoms with Crippen LogP contribution in [0.1, 0.15) is 6.92 Å². The van der Waals surface area contributed by atoms with E-state index in [4.69, 9.17) is 10.8 Å². The summed E-state index contributed by atoms with van der Waals surface area (Å²) >= 11 is 0. The summed E-state index contributed by atoms with van der Waals surface area (Å²) < 4.78 is 0. The Hall–Kier alpha value is -1.31. The molecule has 0 aromatic rings. The summed E-state index contributed by atoms with van der Waals surface area (Å²) in [6.45, 7) is 5.77. The standard InChI is InChI=1S/C9H14N2O/c1-3-11-6-4-5-9(7-10)8(2)12/h4-5,12H,1,6-7,10H2,2H3/b5-4-,9-8+. The lowest BCUT2D eigenvalue weighted by Gasteiger charge is -1.97. The quantitative estimate of drug-likeness (QED) is 0.374. The molecule has 3 nitrogen and oxygen atoms in total. The smallest absolute Gasteiger partial charge is 0.0936 e. The molecular weight excluding hydrogens is 152 g/mol. The van der Waals surface area contributed by atoms with E-state index in [0.29, 0.717) is 18.7 Å². The molecule has 0 aliphatic rings. The van der Waals surface area contributed by atoms with Crippen LogP contribution in [0.4, 0.5) is 0 Å². The minimum Gasteiger partial charge on any atom is -0.512 e. The largest absolute Gasteiger partial charge is 0.512 e. The van der Waals surface area contributed by atoms with Crippen LogP contribution in [-0.4, -0.2) is 24.1 Å². The van der Waals surface area contributed by atoms with Crippen LogP contribution in [0.3, 0.4) is 0 Å². The summed E-state index contributed by atoms with van der Waals surface area (Å²) in [5.74, 6) is 2.65. The normalized spacial score (nSPS) is 12.5. The van der Waals surface area contributed by atoms with Crippen molar-refractivity contribution in [3.63, 3.8) is 0 Å². The van der Waals surface area contributed by atoms with Crippen molar-refractivity contribution in [1.82, 2.24) is 0 Å². The topological polar surface area (TPSA) is 58.6 Å². The monoisotopic (exact) mass is 166 g/mol. The van der Waals surface area contributed by atoms with Gasteiger partial charge in [0.05, 0.1) is 12.3 Å². The Morgan fingerprint density at radius 2 is 2.42 bits per heavy atom. The molecule has 0 atom stereocenters. The Labute approximate surface area is 72.6 Å². The zero-order valence-corrected chi connectivity index (χ0v) is 7.25. The van der Waals surface area contributed by atoms with Gasteiger partial charge in [-0.15, -0.1) is 0 Å². The van der Waals surface area contributed by atoms with Crippen LogP contribution in [0.2, 0.25) is 0 Å². The van der Waals surface area contributed by atoms with Gasteiger partial charge in [-0.3, -0.25) is 0 Å². The average Bonchev–Trinajstić information content (AvgIpc) is 2.04. The Morgan fingerprint density at radius 3 is 2.83 bits per heavy atom. The van der Waals surface area contributed by atoms with Crippen molar-refractivity contribution < 1.29 is 5.11 Å². The first-order valence-electron chi connectivity index (χ1n) is 3.66. The molecule has 0 aliphatic heterocycles. The Balaban J connectivity index is 4.12. The average molecular weight is 166 g/mol. The molecule has 0 aromatic carbocycles. The predicted molar refractivity (Wildman–Crippen MR) is 51.5 cm³/mol. The first kappa shape index (κ1) is 10.7. The number of nitrogens with two attached hydrogens (primary N) is 1. The van der Waals surface area contributed by atoms with Gasteiger partial charge in [-0.2, -0.15) is 0 Å². The highest BCUT2D eigenvalue weighted by Gasteiger charge is 1.91. The molecule has 0 fully saturated rings. The van der Waals surface area contributed by atoms with E-state index in [1.54, 1.807) is 19.1 Å². The Kier molecular flexibility index (Phi) is 5.70. The molecule has 0 aromatic heterocycles. The lowest BCUT2D eigenvalue weighted by molar-refractivity contribution is 0.408. The summed E-state index contributed by atoms with van der Waals surface area (Å²) in [4.78, 5) is 3.74. The summed E-state index contributed by atoms with van der Waals surface area (Å²) in [5.41, 5.74) is 6.08. The molecule has 3 heteroatoms. The van der Waals surface area contributed by atoms with Gasteiger partial charge in [0, 0.05) is 12.1 Å². The van der Waals surface area contributed by atoms with E-state index in [2.05, 4.69) is 17.4 Å². The molecule has 0 radical (unpaired) electrons. The SMILES string of the molecule is C=C=NC/C=C\C(CN)=C(\C)O. The maximum atomic E-state index is 9.06. The molecule has 0 spiro atoms. The lowest BCUT2D eigenvalue weighted by Crippen LogP contribution is -2.03. The van der Waals surface area contributed by atoms with Crippen molar-refractivity contribution in [2.75, 3.05) is 13.1 Å². The first-order valence-corrected chi connectivity index (χ1v) is 3.66. The molecule has 0 bridgehead atoms. The van der Waals surface area contributed by atoms with Crippen LogP contribution in [0, 0.1) is 0 Å². The van der Waals surface area contributed by atoms with Crippen LogP contribution >= 0.6 is 0 Å². The van der Waals surface area contributed by atoms with E-state index >= 15 is 0 Å². The number of nitrogens with zero attached hydrogens (tertiary/aromatic N) is 1.